The molecule has 0 saturated heterocycles. The summed E-state index contributed by atoms with van der Waals surface area (Å²) < 4.78 is 0. The third kappa shape index (κ3) is 3.76. The van der Waals surface area contributed by atoms with Gasteiger partial charge in [0.05, 0.1) is 16.3 Å². The molecule has 0 bridgehead atoms. The number of aromatic amines is 1. The predicted molar refractivity (Wildman–Crippen MR) is 91.4 cm³/mol. The SMILES string of the molecule is C[C@H](Sc1nc2ccc(Cl)cc2[nH]1)C(=O)NC1CCCCC1. The number of carbonyl (C=O) groups excluding carboxylic acids is 1. The summed E-state index contributed by atoms with van der Waals surface area (Å²) in [6.07, 6.45) is 5.93. The van der Waals surface area contributed by atoms with Crippen molar-refractivity contribution in [3.8, 4) is 0 Å². The number of nitrogens with zero attached hydrogens (tertiary/aromatic N) is 1. The molecule has 2 aromatic rings. The number of fused-ring (bicyclic) bond motifs is 1. The molecule has 0 spiro atoms. The number of benzene rings is 1. The van der Waals surface area contributed by atoms with Gasteiger partial charge in [-0.05, 0) is 38.0 Å². The zero-order valence-electron chi connectivity index (χ0n) is 12.6. The smallest absolute Gasteiger partial charge is 0.233 e. The quantitative estimate of drug-likeness (QED) is 0.824. The number of hydrogen-bond acceptors (Lipinski definition) is 3. The molecule has 0 aliphatic heterocycles. The fraction of sp³-hybridized carbons (Fsp3) is 0.500. The minimum Gasteiger partial charge on any atom is -0.352 e. The number of H-pyrrole nitrogens is 1. The van der Waals surface area contributed by atoms with Gasteiger partial charge in [-0.1, -0.05) is 42.6 Å². The number of imidazole rings is 1. The van der Waals surface area contributed by atoms with Crippen LogP contribution >= 0.6 is 23.4 Å². The molecule has 1 heterocycles. The van der Waals surface area contributed by atoms with Crippen molar-refractivity contribution >= 4 is 40.3 Å². The average molecular weight is 338 g/mol. The van der Waals surface area contributed by atoms with Crippen molar-refractivity contribution in [1.29, 1.82) is 0 Å². The van der Waals surface area contributed by atoms with E-state index in [1.54, 1.807) is 0 Å². The van der Waals surface area contributed by atoms with E-state index in [0.717, 1.165) is 29.0 Å². The van der Waals surface area contributed by atoms with E-state index in [2.05, 4.69) is 15.3 Å². The van der Waals surface area contributed by atoms with Crippen LogP contribution in [-0.2, 0) is 4.79 Å². The fourth-order valence-electron chi connectivity index (χ4n) is 2.80. The predicted octanol–water partition coefficient (Wildman–Crippen LogP) is 4.15. The van der Waals surface area contributed by atoms with Gasteiger partial charge >= 0.3 is 0 Å². The molecule has 1 fully saturated rings. The van der Waals surface area contributed by atoms with Crippen LogP contribution in [0.15, 0.2) is 23.4 Å². The Kier molecular flexibility index (Phi) is 4.93. The summed E-state index contributed by atoms with van der Waals surface area (Å²) in [5.74, 6) is 0.0930. The van der Waals surface area contributed by atoms with E-state index in [0.29, 0.717) is 11.1 Å². The van der Waals surface area contributed by atoms with Crippen molar-refractivity contribution in [2.24, 2.45) is 0 Å². The third-order valence-electron chi connectivity index (χ3n) is 4.03. The summed E-state index contributed by atoms with van der Waals surface area (Å²) in [6, 6.07) is 5.89. The molecule has 4 nitrogen and oxygen atoms in total. The average Bonchev–Trinajstić information content (AvgIpc) is 2.89. The zero-order chi connectivity index (χ0) is 15.5. The second-order valence-electron chi connectivity index (χ2n) is 5.81. The molecule has 1 aliphatic rings. The summed E-state index contributed by atoms with van der Waals surface area (Å²) in [7, 11) is 0. The van der Waals surface area contributed by atoms with Crippen molar-refractivity contribution in [2.45, 2.75) is 55.5 Å². The molecule has 1 aliphatic carbocycles. The molecule has 6 heteroatoms. The molecule has 2 N–H and O–H groups in total. The van der Waals surface area contributed by atoms with Crippen molar-refractivity contribution < 1.29 is 4.79 Å². The van der Waals surface area contributed by atoms with Crippen molar-refractivity contribution in [3.05, 3.63) is 23.2 Å². The molecule has 1 aromatic heterocycles. The maximum atomic E-state index is 12.3. The van der Waals surface area contributed by atoms with E-state index in [4.69, 9.17) is 11.6 Å². The van der Waals surface area contributed by atoms with E-state index in [9.17, 15) is 4.79 Å². The molecule has 118 valence electrons. The Morgan fingerprint density at radius 1 is 1.41 bits per heavy atom. The van der Waals surface area contributed by atoms with E-state index in [1.807, 2.05) is 25.1 Å². The second-order valence-corrected chi connectivity index (χ2v) is 7.57. The maximum Gasteiger partial charge on any atom is 0.233 e. The Labute approximate surface area is 139 Å². The largest absolute Gasteiger partial charge is 0.352 e. The molecule has 1 atom stereocenters. The minimum atomic E-state index is -0.169. The first kappa shape index (κ1) is 15.7. The van der Waals surface area contributed by atoms with E-state index < -0.39 is 0 Å². The first-order valence-electron chi connectivity index (χ1n) is 7.74. The number of carbonyl (C=O) groups is 1. The van der Waals surface area contributed by atoms with Crippen LogP contribution in [0.25, 0.3) is 11.0 Å². The lowest BCUT2D eigenvalue weighted by Crippen LogP contribution is -2.40. The highest BCUT2D eigenvalue weighted by Gasteiger charge is 2.21. The number of rotatable bonds is 4. The van der Waals surface area contributed by atoms with Gasteiger partial charge in [0.2, 0.25) is 5.91 Å². The number of nitrogens with one attached hydrogen (secondary N) is 2. The van der Waals surface area contributed by atoms with E-state index >= 15 is 0 Å². The number of aromatic nitrogens is 2. The Morgan fingerprint density at radius 2 is 2.18 bits per heavy atom. The molecule has 1 amide bonds. The van der Waals surface area contributed by atoms with Gasteiger partial charge in [0.15, 0.2) is 5.16 Å². The molecule has 3 rings (SSSR count). The maximum absolute atomic E-state index is 12.3. The van der Waals surface area contributed by atoms with Crippen LogP contribution in [0.3, 0.4) is 0 Å². The third-order valence-corrected chi connectivity index (χ3v) is 5.25. The Morgan fingerprint density at radius 3 is 2.95 bits per heavy atom. The molecule has 1 aromatic carbocycles. The van der Waals surface area contributed by atoms with Crippen molar-refractivity contribution in [3.63, 3.8) is 0 Å². The molecular weight excluding hydrogens is 318 g/mol. The van der Waals surface area contributed by atoms with Gasteiger partial charge in [0.1, 0.15) is 0 Å². The fourth-order valence-corrected chi connectivity index (χ4v) is 3.80. The van der Waals surface area contributed by atoms with Crippen molar-refractivity contribution in [2.75, 3.05) is 0 Å². The molecule has 22 heavy (non-hydrogen) atoms. The van der Waals surface area contributed by atoms with Gasteiger partial charge < -0.3 is 10.3 Å². The summed E-state index contributed by atoms with van der Waals surface area (Å²) in [5.41, 5.74) is 1.77. The van der Waals surface area contributed by atoms with Gasteiger partial charge in [-0.2, -0.15) is 0 Å². The summed E-state index contributed by atoms with van der Waals surface area (Å²) in [5, 5.41) is 4.42. The normalized spacial score (nSPS) is 17.5. The number of halogens is 1. The van der Waals surface area contributed by atoms with Crippen LogP contribution in [-0.4, -0.2) is 27.2 Å². The summed E-state index contributed by atoms with van der Waals surface area (Å²) in [4.78, 5) is 20.0. The lowest BCUT2D eigenvalue weighted by Gasteiger charge is -2.24. The first-order valence-corrected chi connectivity index (χ1v) is 9.00. The summed E-state index contributed by atoms with van der Waals surface area (Å²) >= 11 is 7.42. The van der Waals surface area contributed by atoms with Gasteiger partial charge in [0.25, 0.3) is 0 Å². The van der Waals surface area contributed by atoms with Gasteiger partial charge in [-0.15, -0.1) is 0 Å². The van der Waals surface area contributed by atoms with Gasteiger partial charge in [0, 0.05) is 11.1 Å². The standard InChI is InChI=1S/C16H20ClN3OS/c1-10(15(21)18-12-5-3-2-4-6-12)22-16-19-13-8-7-11(17)9-14(13)20-16/h7-10,12H,2-6H2,1H3,(H,18,21)(H,19,20)/t10-/m0/s1. The number of thioether (sulfide) groups is 1. The van der Waals surface area contributed by atoms with E-state index in [-0.39, 0.29) is 11.2 Å². The van der Waals surface area contributed by atoms with Crippen LogP contribution in [0.1, 0.15) is 39.0 Å². The molecule has 1 saturated carbocycles. The lowest BCUT2D eigenvalue weighted by atomic mass is 9.95. The highest BCUT2D eigenvalue weighted by atomic mass is 35.5. The molecule has 0 radical (unpaired) electrons. The topological polar surface area (TPSA) is 57.8 Å². The second kappa shape index (κ2) is 6.92. The zero-order valence-corrected chi connectivity index (χ0v) is 14.1. The van der Waals surface area contributed by atoms with Crippen LogP contribution < -0.4 is 5.32 Å². The van der Waals surface area contributed by atoms with E-state index in [1.165, 1.54) is 31.0 Å². The highest BCUT2D eigenvalue weighted by molar-refractivity contribution is 8.00. The van der Waals surface area contributed by atoms with Crippen LogP contribution in [0.2, 0.25) is 5.02 Å². The van der Waals surface area contributed by atoms with Gasteiger partial charge in [-0.3, -0.25) is 4.79 Å². The molecular formula is C16H20ClN3OS. The summed E-state index contributed by atoms with van der Waals surface area (Å²) in [6.45, 7) is 1.92. The Bertz CT molecular complexity index is 666. The Hall–Kier alpha value is -1.20. The number of hydrogen-bond donors (Lipinski definition) is 2. The van der Waals surface area contributed by atoms with Crippen molar-refractivity contribution in [1.82, 2.24) is 15.3 Å². The van der Waals surface area contributed by atoms with Gasteiger partial charge in [-0.25, -0.2) is 4.98 Å². The highest BCUT2D eigenvalue weighted by Crippen LogP contribution is 2.25. The number of amides is 1. The Balaban J connectivity index is 1.61. The van der Waals surface area contributed by atoms with Crippen LogP contribution in [0, 0.1) is 0 Å². The molecule has 0 unspecified atom stereocenters. The van der Waals surface area contributed by atoms with Crippen LogP contribution in [0.4, 0.5) is 0 Å². The van der Waals surface area contributed by atoms with Crippen LogP contribution in [0.5, 0.6) is 0 Å². The first-order chi connectivity index (χ1) is 10.6. The monoisotopic (exact) mass is 337 g/mol. The minimum absolute atomic E-state index is 0.0930. The lowest BCUT2D eigenvalue weighted by molar-refractivity contribution is -0.121.